The van der Waals surface area contributed by atoms with Gasteiger partial charge in [0.2, 0.25) is 0 Å². The van der Waals surface area contributed by atoms with Crippen LogP contribution in [0.15, 0.2) is 30.6 Å². The normalized spacial score (nSPS) is 12.4. The number of nitrogens with one attached hydrogen (secondary N) is 1. The highest BCUT2D eigenvalue weighted by molar-refractivity contribution is 5.28. The van der Waals surface area contributed by atoms with Crippen LogP contribution in [0.1, 0.15) is 23.0 Å². The van der Waals surface area contributed by atoms with E-state index in [1.54, 1.807) is 12.4 Å². The van der Waals surface area contributed by atoms with Crippen molar-refractivity contribution in [1.29, 1.82) is 0 Å². The Hall–Kier alpha value is -1.92. The Labute approximate surface area is 103 Å². The summed E-state index contributed by atoms with van der Waals surface area (Å²) in [5, 5.41) is 0. The van der Waals surface area contributed by atoms with Crippen LogP contribution in [0.4, 0.5) is 8.78 Å². The van der Waals surface area contributed by atoms with Gasteiger partial charge in [0.25, 0.3) is 0 Å². The molecule has 1 aromatic heterocycles. The molecule has 3 N–H and O–H groups in total. The molecule has 0 spiro atoms. The molecular formula is C12H12F2N4. The topological polar surface area (TPSA) is 63.8 Å². The van der Waals surface area contributed by atoms with Crippen LogP contribution in [-0.4, -0.2) is 9.97 Å². The van der Waals surface area contributed by atoms with Gasteiger partial charge >= 0.3 is 0 Å². The Bertz CT molecular complexity index is 522. The van der Waals surface area contributed by atoms with Crippen molar-refractivity contribution in [2.75, 3.05) is 0 Å². The maximum atomic E-state index is 13.7. The molecule has 1 unspecified atom stereocenters. The number of nitrogens with two attached hydrogens (primary N) is 1. The predicted molar refractivity (Wildman–Crippen MR) is 62.3 cm³/mol. The standard InChI is InChI=1S/C12H12F2N4/c1-7-5-16-12(17-6-7)11(18-15)10-8(13)3-2-4-9(10)14/h2-6,11,18H,15H2,1H3. The first-order chi connectivity index (χ1) is 8.63. The van der Waals surface area contributed by atoms with Gasteiger partial charge in [-0.25, -0.2) is 24.2 Å². The SMILES string of the molecule is Cc1cnc(C(NN)c2c(F)cccc2F)nc1. The van der Waals surface area contributed by atoms with Crippen molar-refractivity contribution < 1.29 is 8.78 Å². The molecule has 0 bridgehead atoms. The first kappa shape index (κ1) is 12.5. The van der Waals surface area contributed by atoms with Gasteiger partial charge in [-0.1, -0.05) is 6.07 Å². The predicted octanol–water partition coefficient (Wildman–Crippen LogP) is 1.62. The summed E-state index contributed by atoms with van der Waals surface area (Å²) in [6, 6.07) is 2.69. The lowest BCUT2D eigenvalue weighted by Crippen LogP contribution is -2.31. The minimum atomic E-state index is -0.924. The van der Waals surface area contributed by atoms with Gasteiger partial charge in [-0.3, -0.25) is 5.84 Å². The smallest absolute Gasteiger partial charge is 0.151 e. The summed E-state index contributed by atoms with van der Waals surface area (Å²) in [5.74, 6) is 4.18. The largest absolute Gasteiger partial charge is 0.270 e. The van der Waals surface area contributed by atoms with E-state index in [1.807, 2.05) is 6.92 Å². The number of benzene rings is 1. The third-order valence-electron chi connectivity index (χ3n) is 2.51. The highest BCUT2D eigenvalue weighted by Gasteiger charge is 2.22. The average Bonchev–Trinajstić information content (AvgIpc) is 2.35. The minimum Gasteiger partial charge on any atom is -0.270 e. The lowest BCUT2D eigenvalue weighted by atomic mass is 10.1. The molecule has 0 aliphatic carbocycles. The van der Waals surface area contributed by atoms with Gasteiger partial charge in [-0.15, -0.1) is 0 Å². The van der Waals surface area contributed by atoms with E-state index in [9.17, 15) is 8.78 Å². The van der Waals surface area contributed by atoms with E-state index in [0.717, 1.165) is 17.7 Å². The van der Waals surface area contributed by atoms with Gasteiger partial charge in [0.05, 0.1) is 0 Å². The van der Waals surface area contributed by atoms with E-state index in [2.05, 4.69) is 15.4 Å². The van der Waals surface area contributed by atoms with Crippen LogP contribution < -0.4 is 11.3 Å². The van der Waals surface area contributed by atoms with Crippen molar-refractivity contribution >= 4 is 0 Å². The molecular weight excluding hydrogens is 238 g/mol. The number of hydrazine groups is 1. The Kier molecular flexibility index (Phi) is 3.59. The van der Waals surface area contributed by atoms with Crippen LogP contribution in [0.25, 0.3) is 0 Å². The summed E-state index contributed by atoms with van der Waals surface area (Å²) < 4.78 is 27.3. The molecule has 2 rings (SSSR count). The molecule has 1 atom stereocenters. The Morgan fingerprint density at radius 2 is 1.72 bits per heavy atom. The summed E-state index contributed by atoms with van der Waals surface area (Å²) in [7, 11) is 0. The molecule has 0 fully saturated rings. The zero-order chi connectivity index (χ0) is 13.1. The second kappa shape index (κ2) is 5.16. The molecule has 4 nitrogen and oxygen atoms in total. The van der Waals surface area contributed by atoms with Crippen molar-refractivity contribution in [2.45, 2.75) is 13.0 Å². The van der Waals surface area contributed by atoms with E-state index < -0.39 is 17.7 Å². The zero-order valence-corrected chi connectivity index (χ0v) is 9.69. The number of hydrogen-bond acceptors (Lipinski definition) is 4. The van der Waals surface area contributed by atoms with Crippen molar-refractivity contribution in [3.05, 3.63) is 59.2 Å². The maximum Gasteiger partial charge on any atom is 0.151 e. The van der Waals surface area contributed by atoms with Crippen LogP contribution in [0.5, 0.6) is 0 Å². The third-order valence-corrected chi connectivity index (χ3v) is 2.51. The van der Waals surface area contributed by atoms with Crippen molar-refractivity contribution in [3.8, 4) is 0 Å². The second-order valence-electron chi connectivity index (χ2n) is 3.85. The first-order valence-electron chi connectivity index (χ1n) is 5.32. The fourth-order valence-electron chi connectivity index (χ4n) is 1.63. The zero-order valence-electron chi connectivity index (χ0n) is 9.69. The molecule has 6 heteroatoms. The number of nitrogens with zero attached hydrogens (tertiary/aromatic N) is 2. The molecule has 1 heterocycles. The Morgan fingerprint density at radius 1 is 1.17 bits per heavy atom. The summed E-state index contributed by atoms with van der Waals surface area (Å²) in [4.78, 5) is 8.04. The molecule has 2 aromatic rings. The van der Waals surface area contributed by atoms with Crippen LogP contribution >= 0.6 is 0 Å². The van der Waals surface area contributed by atoms with E-state index in [4.69, 9.17) is 5.84 Å². The van der Waals surface area contributed by atoms with Crippen molar-refractivity contribution in [2.24, 2.45) is 5.84 Å². The van der Waals surface area contributed by atoms with Gasteiger partial charge in [-0.2, -0.15) is 0 Å². The minimum absolute atomic E-state index is 0.191. The monoisotopic (exact) mass is 250 g/mol. The van der Waals surface area contributed by atoms with Gasteiger partial charge in [0.1, 0.15) is 17.7 Å². The molecule has 0 radical (unpaired) electrons. The van der Waals surface area contributed by atoms with E-state index in [0.29, 0.717) is 0 Å². The molecule has 0 aliphatic rings. The van der Waals surface area contributed by atoms with E-state index in [1.165, 1.54) is 6.07 Å². The van der Waals surface area contributed by atoms with E-state index >= 15 is 0 Å². The Morgan fingerprint density at radius 3 is 2.22 bits per heavy atom. The van der Waals surface area contributed by atoms with Crippen LogP contribution in [0.3, 0.4) is 0 Å². The number of halogens is 2. The van der Waals surface area contributed by atoms with Crippen LogP contribution in [0, 0.1) is 18.6 Å². The average molecular weight is 250 g/mol. The second-order valence-corrected chi connectivity index (χ2v) is 3.85. The number of aromatic nitrogens is 2. The molecule has 0 amide bonds. The van der Waals surface area contributed by atoms with Crippen LogP contribution in [-0.2, 0) is 0 Å². The van der Waals surface area contributed by atoms with Gasteiger partial charge in [-0.05, 0) is 24.6 Å². The lowest BCUT2D eigenvalue weighted by molar-refractivity contribution is 0.498. The third kappa shape index (κ3) is 2.34. The lowest BCUT2D eigenvalue weighted by Gasteiger charge is -2.16. The van der Waals surface area contributed by atoms with E-state index in [-0.39, 0.29) is 11.4 Å². The van der Waals surface area contributed by atoms with Crippen molar-refractivity contribution in [3.63, 3.8) is 0 Å². The molecule has 0 aliphatic heterocycles. The maximum absolute atomic E-state index is 13.7. The van der Waals surface area contributed by atoms with Crippen LogP contribution in [0.2, 0.25) is 0 Å². The molecule has 0 saturated heterocycles. The Balaban J connectivity index is 2.48. The van der Waals surface area contributed by atoms with Gasteiger partial charge < -0.3 is 0 Å². The summed E-state index contributed by atoms with van der Waals surface area (Å²) in [6.45, 7) is 1.82. The molecule has 18 heavy (non-hydrogen) atoms. The summed E-state index contributed by atoms with van der Waals surface area (Å²) in [5.41, 5.74) is 2.99. The van der Waals surface area contributed by atoms with Gasteiger partial charge in [0.15, 0.2) is 5.82 Å². The molecule has 94 valence electrons. The number of aryl methyl sites for hydroxylation is 1. The fraction of sp³-hybridized carbons (Fsp3) is 0.167. The summed E-state index contributed by atoms with van der Waals surface area (Å²) >= 11 is 0. The number of rotatable bonds is 3. The molecule has 0 saturated carbocycles. The fourth-order valence-corrected chi connectivity index (χ4v) is 1.63. The summed E-state index contributed by atoms with van der Waals surface area (Å²) in [6.07, 6.45) is 3.12. The molecule has 1 aromatic carbocycles. The van der Waals surface area contributed by atoms with Crippen molar-refractivity contribution in [1.82, 2.24) is 15.4 Å². The quantitative estimate of drug-likeness (QED) is 0.641. The first-order valence-corrected chi connectivity index (χ1v) is 5.32. The highest BCUT2D eigenvalue weighted by Crippen LogP contribution is 2.23. The number of hydrogen-bond donors (Lipinski definition) is 2. The highest BCUT2D eigenvalue weighted by atomic mass is 19.1. The van der Waals surface area contributed by atoms with Gasteiger partial charge in [0, 0.05) is 18.0 Å².